The lowest BCUT2D eigenvalue weighted by Gasteiger charge is -2.37. The molecule has 1 aromatic rings. The monoisotopic (exact) mass is 273 g/mol. The van der Waals surface area contributed by atoms with Gasteiger partial charge in [-0.15, -0.1) is 0 Å². The summed E-state index contributed by atoms with van der Waals surface area (Å²) >= 11 is 0. The SMILES string of the molecule is CCCN1CCN(CC2Cc3ccccc3CN2)CC1. The number of fused-ring (bicyclic) bond motifs is 1. The number of benzene rings is 1. The second-order valence-corrected chi connectivity index (χ2v) is 6.19. The minimum atomic E-state index is 0.627. The van der Waals surface area contributed by atoms with Gasteiger partial charge in [0.15, 0.2) is 0 Å². The molecule has 0 amide bonds. The molecule has 3 rings (SSSR count). The van der Waals surface area contributed by atoms with Crippen molar-refractivity contribution in [2.45, 2.75) is 32.4 Å². The minimum Gasteiger partial charge on any atom is -0.308 e. The highest BCUT2D eigenvalue weighted by atomic mass is 15.3. The average molecular weight is 273 g/mol. The zero-order chi connectivity index (χ0) is 13.8. The quantitative estimate of drug-likeness (QED) is 0.901. The molecule has 0 aliphatic carbocycles. The Morgan fingerprint density at radius 1 is 1.05 bits per heavy atom. The molecule has 1 aromatic carbocycles. The highest BCUT2D eigenvalue weighted by Gasteiger charge is 2.22. The Balaban J connectivity index is 1.48. The summed E-state index contributed by atoms with van der Waals surface area (Å²) in [6.45, 7) is 10.7. The molecule has 2 aliphatic rings. The molecule has 2 aliphatic heterocycles. The summed E-state index contributed by atoms with van der Waals surface area (Å²) in [5.41, 5.74) is 3.03. The van der Waals surface area contributed by atoms with E-state index in [0.717, 1.165) is 6.54 Å². The first-order valence-corrected chi connectivity index (χ1v) is 8.10. The van der Waals surface area contributed by atoms with Crippen LogP contribution in [-0.4, -0.2) is 55.1 Å². The lowest BCUT2D eigenvalue weighted by atomic mass is 9.95. The van der Waals surface area contributed by atoms with Gasteiger partial charge in [0.2, 0.25) is 0 Å². The Morgan fingerprint density at radius 2 is 1.75 bits per heavy atom. The lowest BCUT2D eigenvalue weighted by molar-refractivity contribution is 0.122. The number of hydrogen-bond acceptors (Lipinski definition) is 3. The Kier molecular flexibility index (Phi) is 4.71. The molecule has 1 fully saturated rings. The Labute approximate surface area is 123 Å². The first-order valence-electron chi connectivity index (χ1n) is 8.10. The smallest absolute Gasteiger partial charge is 0.0238 e. The molecule has 1 atom stereocenters. The van der Waals surface area contributed by atoms with Gasteiger partial charge in [-0.05, 0) is 30.5 Å². The highest BCUT2D eigenvalue weighted by Crippen LogP contribution is 2.17. The summed E-state index contributed by atoms with van der Waals surface area (Å²) in [4.78, 5) is 5.23. The highest BCUT2D eigenvalue weighted by molar-refractivity contribution is 5.29. The van der Waals surface area contributed by atoms with Crippen LogP contribution in [0.15, 0.2) is 24.3 Å². The van der Waals surface area contributed by atoms with Crippen LogP contribution in [0.1, 0.15) is 24.5 Å². The first kappa shape index (κ1) is 14.1. The van der Waals surface area contributed by atoms with Crippen molar-refractivity contribution >= 4 is 0 Å². The molecule has 1 unspecified atom stereocenters. The van der Waals surface area contributed by atoms with Gasteiger partial charge in [0.05, 0.1) is 0 Å². The molecule has 0 radical (unpaired) electrons. The van der Waals surface area contributed by atoms with Crippen LogP contribution in [0.3, 0.4) is 0 Å². The van der Waals surface area contributed by atoms with Gasteiger partial charge in [-0.3, -0.25) is 4.90 Å². The van der Waals surface area contributed by atoms with E-state index < -0.39 is 0 Å². The van der Waals surface area contributed by atoms with Gasteiger partial charge < -0.3 is 10.2 Å². The Hall–Kier alpha value is -0.900. The summed E-state index contributed by atoms with van der Waals surface area (Å²) in [5, 5.41) is 3.70. The number of rotatable bonds is 4. The van der Waals surface area contributed by atoms with Gasteiger partial charge in [0, 0.05) is 45.3 Å². The van der Waals surface area contributed by atoms with Crippen LogP contribution >= 0.6 is 0 Å². The van der Waals surface area contributed by atoms with Crippen molar-refractivity contribution in [2.75, 3.05) is 39.3 Å². The molecular weight excluding hydrogens is 246 g/mol. The molecule has 0 saturated carbocycles. The Bertz CT molecular complexity index is 424. The fourth-order valence-electron chi connectivity index (χ4n) is 3.47. The van der Waals surface area contributed by atoms with E-state index in [9.17, 15) is 0 Å². The van der Waals surface area contributed by atoms with Crippen molar-refractivity contribution in [3.05, 3.63) is 35.4 Å². The summed E-state index contributed by atoms with van der Waals surface area (Å²) in [7, 11) is 0. The third-order valence-corrected chi connectivity index (χ3v) is 4.65. The van der Waals surface area contributed by atoms with Crippen LogP contribution in [0.25, 0.3) is 0 Å². The van der Waals surface area contributed by atoms with Crippen molar-refractivity contribution < 1.29 is 0 Å². The van der Waals surface area contributed by atoms with E-state index in [1.165, 1.54) is 57.7 Å². The predicted octanol–water partition coefficient (Wildman–Crippen LogP) is 1.73. The molecule has 20 heavy (non-hydrogen) atoms. The maximum atomic E-state index is 3.70. The van der Waals surface area contributed by atoms with E-state index in [1.807, 2.05) is 0 Å². The van der Waals surface area contributed by atoms with Crippen LogP contribution in [0.5, 0.6) is 0 Å². The van der Waals surface area contributed by atoms with Crippen LogP contribution in [0.4, 0.5) is 0 Å². The van der Waals surface area contributed by atoms with E-state index >= 15 is 0 Å². The minimum absolute atomic E-state index is 0.627. The molecule has 0 spiro atoms. The summed E-state index contributed by atoms with van der Waals surface area (Å²) in [5.74, 6) is 0. The van der Waals surface area contributed by atoms with Gasteiger partial charge in [0.25, 0.3) is 0 Å². The third kappa shape index (κ3) is 3.40. The van der Waals surface area contributed by atoms with Crippen LogP contribution < -0.4 is 5.32 Å². The van der Waals surface area contributed by atoms with Crippen molar-refractivity contribution in [2.24, 2.45) is 0 Å². The first-order chi connectivity index (χ1) is 9.85. The topological polar surface area (TPSA) is 18.5 Å². The zero-order valence-electron chi connectivity index (χ0n) is 12.6. The van der Waals surface area contributed by atoms with E-state index in [-0.39, 0.29) is 0 Å². The largest absolute Gasteiger partial charge is 0.308 e. The average Bonchev–Trinajstić information content (AvgIpc) is 2.49. The summed E-state index contributed by atoms with van der Waals surface area (Å²) in [6, 6.07) is 9.49. The van der Waals surface area contributed by atoms with Gasteiger partial charge in [0.1, 0.15) is 0 Å². The molecule has 2 heterocycles. The van der Waals surface area contributed by atoms with Gasteiger partial charge in [-0.1, -0.05) is 31.2 Å². The molecule has 0 bridgehead atoms. The van der Waals surface area contributed by atoms with Crippen molar-refractivity contribution in [3.8, 4) is 0 Å². The van der Waals surface area contributed by atoms with Crippen LogP contribution in [-0.2, 0) is 13.0 Å². The lowest BCUT2D eigenvalue weighted by Crippen LogP contribution is -2.51. The van der Waals surface area contributed by atoms with Gasteiger partial charge in [-0.2, -0.15) is 0 Å². The van der Waals surface area contributed by atoms with Crippen molar-refractivity contribution in [1.82, 2.24) is 15.1 Å². The predicted molar refractivity (Wildman–Crippen MR) is 83.9 cm³/mol. The number of piperazine rings is 1. The maximum absolute atomic E-state index is 3.70. The van der Waals surface area contributed by atoms with Gasteiger partial charge >= 0.3 is 0 Å². The standard InChI is InChI=1S/C17H27N3/c1-2-7-19-8-10-20(11-9-19)14-17-12-15-5-3-4-6-16(15)13-18-17/h3-6,17-18H,2,7-14H2,1H3. The van der Waals surface area contributed by atoms with Crippen molar-refractivity contribution in [3.63, 3.8) is 0 Å². The van der Waals surface area contributed by atoms with Crippen molar-refractivity contribution in [1.29, 1.82) is 0 Å². The summed E-state index contributed by atoms with van der Waals surface area (Å²) < 4.78 is 0. The number of nitrogens with zero attached hydrogens (tertiary/aromatic N) is 2. The van der Waals surface area contributed by atoms with E-state index in [1.54, 1.807) is 5.56 Å². The molecule has 3 heteroatoms. The van der Waals surface area contributed by atoms with E-state index in [0.29, 0.717) is 6.04 Å². The fourth-order valence-corrected chi connectivity index (χ4v) is 3.47. The van der Waals surface area contributed by atoms with Crippen LogP contribution in [0.2, 0.25) is 0 Å². The second kappa shape index (κ2) is 6.70. The molecule has 3 nitrogen and oxygen atoms in total. The number of hydrogen-bond donors (Lipinski definition) is 1. The van der Waals surface area contributed by atoms with Crippen LogP contribution in [0, 0.1) is 0 Å². The molecule has 1 saturated heterocycles. The Morgan fingerprint density at radius 3 is 2.50 bits per heavy atom. The molecule has 1 N–H and O–H groups in total. The normalized spacial score (nSPS) is 24.6. The molecule has 0 aromatic heterocycles. The third-order valence-electron chi connectivity index (χ3n) is 4.65. The maximum Gasteiger partial charge on any atom is 0.0238 e. The zero-order valence-corrected chi connectivity index (χ0v) is 12.6. The van der Waals surface area contributed by atoms with Gasteiger partial charge in [-0.25, -0.2) is 0 Å². The van der Waals surface area contributed by atoms with E-state index in [2.05, 4.69) is 46.3 Å². The second-order valence-electron chi connectivity index (χ2n) is 6.19. The fraction of sp³-hybridized carbons (Fsp3) is 0.647. The molecule has 110 valence electrons. The number of nitrogens with one attached hydrogen (secondary N) is 1. The van der Waals surface area contributed by atoms with E-state index in [4.69, 9.17) is 0 Å². The summed E-state index contributed by atoms with van der Waals surface area (Å²) in [6.07, 6.45) is 2.46. The molecular formula is C17H27N3.